The van der Waals surface area contributed by atoms with Gasteiger partial charge in [0, 0.05) is 18.9 Å². The Kier molecular flexibility index (Phi) is 3.42. The standard InChI is InChI=1S/C13H16FN3/c1-10(2)9-16-13-15-6-7-17(13)12-5-3-4-11(14)8-12/h3-8,10H,9H2,1-2H3,(H,15,16). The van der Waals surface area contributed by atoms with Gasteiger partial charge in [0.15, 0.2) is 0 Å². The molecule has 1 aromatic heterocycles. The van der Waals surface area contributed by atoms with E-state index in [1.807, 2.05) is 16.8 Å². The van der Waals surface area contributed by atoms with Gasteiger partial charge in [-0.05, 0) is 24.1 Å². The third-order valence-electron chi connectivity index (χ3n) is 2.40. The quantitative estimate of drug-likeness (QED) is 0.879. The first-order valence-corrected chi connectivity index (χ1v) is 5.70. The Morgan fingerprint density at radius 1 is 1.41 bits per heavy atom. The Morgan fingerprint density at radius 2 is 2.24 bits per heavy atom. The maximum atomic E-state index is 13.2. The maximum Gasteiger partial charge on any atom is 0.207 e. The Hall–Kier alpha value is -1.84. The molecule has 0 radical (unpaired) electrons. The summed E-state index contributed by atoms with van der Waals surface area (Å²) >= 11 is 0. The second-order valence-electron chi connectivity index (χ2n) is 4.38. The van der Waals surface area contributed by atoms with Crippen LogP contribution in [0.4, 0.5) is 10.3 Å². The van der Waals surface area contributed by atoms with Gasteiger partial charge in [0.1, 0.15) is 5.82 Å². The second-order valence-corrected chi connectivity index (χ2v) is 4.38. The maximum absolute atomic E-state index is 13.2. The van der Waals surface area contributed by atoms with Crippen molar-refractivity contribution < 1.29 is 4.39 Å². The molecule has 0 amide bonds. The molecule has 90 valence electrons. The Bertz CT molecular complexity index is 491. The van der Waals surface area contributed by atoms with Crippen LogP contribution in [-0.2, 0) is 0 Å². The predicted molar refractivity (Wildman–Crippen MR) is 66.8 cm³/mol. The molecule has 2 aromatic rings. The zero-order valence-electron chi connectivity index (χ0n) is 10.0. The van der Waals surface area contributed by atoms with Gasteiger partial charge in [-0.2, -0.15) is 0 Å². The number of imidazole rings is 1. The van der Waals surface area contributed by atoms with Gasteiger partial charge in [0.25, 0.3) is 0 Å². The van der Waals surface area contributed by atoms with E-state index in [4.69, 9.17) is 0 Å². The van der Waals surface area contributed by atoms with Gasteiger partial charge in [-0.25, -0.2) is 9.37 Å². The molecule has 0 aliphatic carbocycles. The molecule has 1 heterocycles. The van der Waals surface area contributed by atoms with Crippen LogP contribution in [0.2, 0.25) is 0 Å². The van der Waals surface area contributed by atoms with E-state index in [1.165, 1.54) is 12.1 Å². The van der Waals surface area contributed by atoms with Crippen molar-refractivity contribution >= 4 is 5.95 Å². The summed E-state index contributed by atoms with van der Waals surface area (Å²) in [6.07, 6.45) is 3.52. The molecular formula is C13H16FN3. The fraction of sp³-hybridized carbons (Fsp3) is 0.308. The molecule has 0 atom stereocenters. The van der Waals surface area contributed by atoms with E-state index in [0.717, 1.165) is 18.2 Å². The molecule has 0 spiro atoms. The number of anilines is 1. The first-order valence-electron chi connectivity index (χ1n) is 5.70. The summed E-state index contributed by atoms with van der Waals surface area (Å²) in [6.45, 7) is 5.09. The summed E-state index contributed by atoms with van der Waals surface area (Å²) in [5.74, 6) is 1.03. The summed E-state index contributed by atoms with van der Waals surface area (Å²) in [6, 6.07) is 6.46. The lowest BCUT2D eigenvalue weighted by Gasteiger charge is -2.11. The third kappa shape index (κ3) is 2.84. The van der Waals surface area contributed by atoms with Crippen LogP contribution >= 0.6 is 0 Å². The molecule has 4 heteroatoms. The fourth-order valence-corrected chi connectivity index (χ4v) is 1.56. The minimum Gasteiger partial charge on any atom is -0.355 e. The van der Waals surface area contributed by atoms with Crippen LogP contribution in [0, 0.1) is 11.7 Å². The van der Waals surface area contributed by atoms with Crippen LogP contribution in [0.1, 0.15) is 13.8 Å². The second kappa shape index (κ2) is 4.99. The molecule has 0 saturated carbocycles. The average molecular weight is 233 g/mol. The van der Waals surface area contributed by atoms with Gasteiger partial charge in [0.2, 0.25) is 5.95 Å². The first-order chi connectivity index (χ1) is 8.16. The van der Waals surface area contributed by atoms with Crippen molar-refractivity contribution in [2.75, 3.05) is 11.9 Å². The van der Waals surface area contributed by atoms with Gasteiger partial charge in [-0.15, -0.1) is 0 Å². The van der Waals surface area contributed by atoms with E-state index in [1.54, 1.807) is 12.3 Å². The van der Waals surface area contributed by atoms with Crippen LogP contribution < -0.4 is 5.32 Å². The molecule has 3 nitrogen and oxygen atoms in total. The summed E-state index contributed by atoms with van der Waals surface area (Å²) < 4.78 is 15.0. The molecule has 0 bridgehead atoms. The Labute approximate surface area is 100 Å². The number of aromatic nitrogens is 2. The highest BCUT2D eigenvalue weighted by molar-refractivity contribution is 5.41. The van der Waals surface area contributed by atoms with Crippen LogP contribution in [-0.4, -0.2) is 16.1 Å². The van der Waals surface area contributed by atoms with Crippen molar-refractivity contribution in [3.63, 3.8) is 0 Å². The lowest BCUT2D eigenvalue weighted by atomic mass is 10.2. The van der Waals surface area contributed by atoms with E-state index in [0.29, 0.717) is 5.92 Å². The molecule has 1 aromatic carbocycles. The molecule has 0 saturated heterocycles. The van der Waals surface area contributed by atoms with Crippen molar-refractivity contribution in [1.82, 2.24) is 9.55 Å². The number of halogens is 1. The largest absolute Gasteiger partial charge is 0.355 e. The molecule has 0 fully saturated rings. The van der Waals surface area contributed by atoms with Crippen molar-refractivity contribution in [2.45, 2.75) is 13.8 Å². The van der Waals surface area contributed by atoms with Crippen molar-refractivity contribution in [2.24, 2.45) is 5.92 Å². The molecule has 1 N–H and O–H groups in total. The molecule has 0 aliphatic rings. The monoisotopic (exact) mass is 233 g/mol. The Balaban J connectivity index is 2.24. The smallest absolute Gasteiger partial charge is 0.207 e. The van der Waals surface area contributed by atoms with Crippen molar-refractivity contribution in [1.29, 1.82) is 0 Å². The molecular weight excluding hydrogens is 217 g/mol. The van der Waals surface area contributed by atoms with Gasteiger partial charge in [-0.3, -0.25) is 4.57 Å². The predicted octanol–water partition coefficient (Wildman–Crippen LogP) is 3.08. The van der Waals surface area contributed by atoms with Gasteiger partial charge in [0.05, 0.1) is 5.69 Å². The number of benzene rings is 1. The average Bonchev–Trinajstić information content (AvgIpc) is 2.74. The van der Waals surface area contributed by atoms with Crippen LogP contribution in [0.5, 0.6) is 0 Å². The zero-order valence-corrected chi connectivity index (χ0v) is 10.0. The highest BCUT2D eigenvalue weighted by Gasteiger charge is 2.05. The van der Waals surface area contributed by atoms with E-state index < -0.39 is 0 Å². The summed E-state index contributed by atoms with van der Waals surface area (Å²) in [5.41, 5.74) is 0.772. The topological polar surface area (TPSA) is 29.9 Å². The number of rotatable bonds is 4. The van der Waals surface area contributed by atoms with E-state index in [9.17, 15) is 4.39 Å². The number of nitrogens with zero attached hydrogens (tertiary/aromatic N) is 2. The van der Waals surface area contributed by atoms with E-state index in [2.05, 4.69) is 24.1 Å². The highest BCUT2D eigenvalue weighted by Crippen LogP contribution is 2.15. The fourth-order valence-electron chi connectivity index (χ4n) is 1.56. The zero-order chi connectivity index (χ0) is 12.3. The van der Waals surface area contributed by atoms with Gasteiger partial charge in [-0.1, -0.05) is 19.9 Å². The summed E-state index contributed by atoms with van der Waals surface area (Å²) in [7, 11) is 0. The Morgan fingerprint density at radius 3 is 2.94 bits per heavy atom. The first kappa shape index (κ1) is 11.6. The van der Waals surface area contributed by atoms with Crippen molar-refractivity contribution in [3.8, 4) is 5.69 Å². The van der Waals surface area contributed by atoms with E-state index in [-0.39, 0.29) is 5.82 Å². The normalized spacial score (nSPS) is 10.8. The minimum absolute atomic E-state index is 0.244. The van der Waals surface area contributed by atoms with Crippen LogP contribution in [0.15, 0.2) is 36.7 Å². The third-order valence-corrected chi connectivity index (χ3v) is 2.40. The van der Waals surface area contributed by atoms with Gasteiger partial charge >= 0.3 is 0 Å². The number of hydrogen-bond donors (Lipinski definition) is 1. The molecule has 0 unspecified atom stereocenters. The lowest BCUT2D eigenvalue weighted by Crippen LogP contribution is -2.12. The van der Waals surface area contributed by atoms with Crippen LogP contribution in [0.25, 0.3) is 5.69 Å². The number of nitrogens with one attached hydrogen (secondary N) is 1. The highest BCUT2D eigenvalue weighted by atomic mass is 19.1. The SMILES string of the molecule is CC(C)CNc1nccn1-c1cccc(F)c1. The van der Waals surface area contributed by atoms with E-state index >= 15 is 0 Å². The molecule has 2 rings (SSSR count). The summed E-state index contributed by atoms with van der Waals surface area (Å²) in [5, 5.41) is 3.24. The summed E-state index contributed by atoms with van der Waals surface area (Å²) in [4.78, 5) is 4.22. The van der Waals surface area contributed by atoms with Gasteiger partial charge < -0.3 is 5.32 Å². The lowest BCUT2D eigenvalue weighted by molar-refractivity contribution is 0.626. The van der Waals surface area contributed by atoms with Crippen molar-refractivity contribution in [3.05, 3.63) is 42.5 Å². The molecule has 0 aliphatic heterocycles. The molecule has 17 heavy (non-hydrogen) atoms. The minimum atomic E-state index is -0.244. The number of hydrogen-bond acceptors (Lipinski definition) is 2. The van der Waals surface area contributed by atoms with Crippen LogP contribution in [0.3, 0.4) is 0 Å².